The molecular weight excluding hydrogens is 237 g/mol. The van der Waals surface area contributed by atoms with E-state index in [1.54, 1.807) is 0 Å². The molecule has 5 nitrogen and oxygen atoms in total. The van der Waals surface area contributed by atoms with Crippen molar-refractivity contribution in [2.24, 2.45) is 5.73 Å². The second kappa shape index (κ2) is 5.24. The Bertz CT molecular complexity index is 512. The van der Waals surface area contributed by atoms with Crippen LogP contribution in [0.1, 0.15) is 25.3 Å². The summed E-state index contributed by atoms with van der Waals surface area (Å²) >= 11 is 0. The van der Waals surface area contributed by atoms with Gasteiger partial charge in [0.25, 0.3) is 5.89 Å². The van der Waals surface area contributed by atoms with Crippen LogP contribution in [0.15, 0.2) is 28.8 Å². The molecule has 96 valence electrons. The van der Waals surface area contributed by atoms with Gasteiger partial charge in [0.2, 0.25) is 5.82 Å². The number of rotatable bonds is 4. The van der Waals surface area contributed by atoms with Crippen LogP contribution in [0.4, 0.5) is 4.39 Å². The highest BCUT2D eigenvalue weighted by Gasteiger charge is 2.21. The summed E-state index contributed by atoms with van der Waals surface area (Å²) in [6, 6.07) is 5.21. The Morgan fingerprint density at radius 3 is 2.67 bits per heavy atom. The number of hydrogen-bond acceptors (Lipinski definition) is 5. The fourth-order valence-electron chi connectivity index (χ4n) is 1.48. The average molecular weight is 251 g/mol. The predicted octanol–water partition coefficient (Wildman–Crippen LogP) is 1.65. The Balaban J connectivity index is 2.22. The van der Waals surface area contributed by atoms with Crippen LogP contribution in [-0.2, 0) is 0 Å². The van der Waals surface area contributed by atoms with Crippen molar-refractivity contribution in [1.82, 2.24) is 10.1 Å². The van der Waals surface area contributed by atoms with E-state index in [0.717, 1.165) is 0 Å². The van der Waals surface area contributed by atoms with Gasteiger partial charge in [0.15, 0.2) is 0 Å². The lowest BCUT2D eigenvalue weighted by Gasteiger charge is -2.12. The van der Waals surface area contributed by atoms with Crippen molar-refractivity contribution in [3.63, 3.8) is 0 Å². The first kappa shape index (κ1) is 12.7. The van der Waals surface area contributed by atoms with E-state index in [9.17, 15) is 9.50 Å². The molecule has 0 aliphatic rings. The smallest absolute Gasteiger partial charge is 0.258 e. The van der Waals surface area contributed by atoms with Crippen LogP contribution in [0, 0.1) is 5.82 Å². The van der Waals surface area contributed by atoms with Gasteiger partial charge in [0.1, 0.15) is 11.9 Å². The van der Waals surface area contributed by atoms with Crippen LogP contribution < -0.4 is 5.73 Å². The molecule has 0 saturated carbocycles. The Labute approximate surface area is 103 Å². The number of aliphatic hydroxyl groups is 1. The number of aromatic nitrogens is 2. The van der Waals surface area contributed by atoms with Gasteiger partial charge >= 0.3 is 0 Å². The predicted molar refractivity (Wildman–Crippen MR) is 62.9 cm³/mol. The highest BCUT2D eigenvalue weighted by Crippen LogP contribution is 2.21. The molecule has 0 radical (unpaired) electrons. The van der Waals surface area contributed by atoms with Crippen LogP contribution in [0.2, 0.25) is 0 Å². The van der Waals surface area contributed by atoms with E-state index >= 15 is 0 Å². The third-order valence-electron chi connectivity index (χ3n) is 2.67. The number of halogens is 1. The number of hydrogen-bond donors (Lipinski definition) is 2. The van der Waals surface area contributed by atoms with Crippen molar-refractivity contribution >= 4 is 0 Å². The number of aliphatic hydroxyl groups excluding tert-OH is 1. The molecule has 3 N–H and O–H groups in total. The zero-order valence-electron chi connectivity index (χ0n) is 9.88. The quantitative estimate of drug-likeness (QED) is 0.862. The zero-order chi connectivity index (χ0) is 13.1. The summed E-state index contributed by atoms with van der Waals surface area (Å²) in [7, 11) is 0. The van der Waals surface area contributed by atoms with Gasteiger partial charge in [-0.3, -0.25) is 0 Å². The molecule has 0 amide bonds. The van der Waals surface area contributed by atoms with Gasteiger partial charge in [-0.15, -0.1) is 0 Å². The van der Waals surface area contributed by atoms with E-state index < -0.39 is 12.1 Å². The van der Waals surface area contributed by atoms with Crippen LogP contribution in [0.25, 0.3) is 11.5 Å². The maximum Gasteiger partial charge on any atom is 0.258 e. The van der Waals surface area contributed by atoms with Crippen molar-refractivity contribution in [2.45, 2.75) is 25.5 Å². The van der Waals surface area contributed by atoms with E-state index in [-0.39, 0.29) is 17.5 Å². The van der Waals surface area contributed by atoms with E-state index in [4.69, 9.17) is 10.3 Å². The summed E-state index contributed by atoms with van der Waals surface area (Å²) in [6.07, 6.45) is -0.366. The van der Waals surface area contributed by atoms with Gasteiger partial charge in [0, 0.05) is 11.6 Å². The van der Waals surface area contributed by atoms with E-state index in [1.807, 2.05) is 6.92 Å². The molecule has 0 saturated heterocycles. The molecular formula is C12H14FN3O2. The summed E-state index contributed by atoms with van der Waals surface area (Å²) in [6.45, 7) is 1.86. The van der Waals surface area contributed by atoms with Crippen LogP contribution in [-0.4, -0.2) is 21.3 Å². The largest absolute Gasteiger partial charge is 0.383 e. The lowest BCUT2D eigenvalue weighted by molar-refractivity contribution is 0.132. The van der Waals surface area contributed by atoms with Crippen molar-refractivity contribution in [3.8, 4) is 11.5 Å². The maximum atomic E-state index is 12.8. The molecule has 2 atom stereocenters. The SMILES string of the molecule is CC[C@H](N)C(O)c1noc(-c2ccc(F)cc2)n1. The van der Waals surface area contributed by atoms with E-state index in [2.05, 4.69) is 10.1 Å². The van der Waals surface area contributed by atoms with Gasteiger partial charge in [-0.25, -0.2) is 4.39 Å². The Hall–Kier alpha value is -1.79. The molecule has 0 spiro atoms. The number of benzene rings is 1. The zero-order valence-corrected chi connectivity index (χ0v) is 9.88. The molecule has 0 fully saturated rings. The molecule has 1 aromatic heterocycles. The lowest BCUT2D eigenvalue weighted by Crippen LogP contribution is -2.28. The summed E-state index contributed by atoms with van der Waals surface area (Å²) < 4.78 is 17.8. The minimum atomic E-state index is -0.965. The average Bonchev–Trinajstić information content (AvgIpc) is 2.87. The molecule has 2 rings (SSSR count). The highest BCUT2D eigenvalue weighted by molar-refractivity contribution is 5.52. The summed E-state index contributed by atoms with van der Waals surface area (Å²) in [4.78, 5) is 4.05. The van der Waals surface area contributed by atoms with Crippen LogP contribution >= 0.6 is 0 Å². The third-order valence-corrected chi connectivity index (χ3v) is 2.67. The van der Waals surface area contributed by atoms with Crippen LogP contribution in [0.5, 0.6) is 0 Å². The third kappa shape index (κ3) is 2.55. The molecule has 0 aliphatic heterocycles. The Morgan fingerprint density at radius 2 is 2.06 bits per heavy atom. The summed E-state index contributed by atoms with van der Waals surface area (Å²) in [5.41, 5.74) is 6.29. The molecule has 2 aromatic rings. The van der Waals surface area contributed by atoms with Crippen molar-refractivity contribution < 1.29 is 14.0 Å². The molecule has 1 aromatic carbocycles. The van der Waals surface area contributed by atoms with Gasteiger partial charge in [0.05, 0.1) is 0 Å². The Kier molecular flexibility index (Phi) is 3.69. The fourth-order valence-corrected chi connectivity index (χ4v) is 1.48. The van der Waals surface area contributed by atoms with Gasteiger partial charge in [-0.05, 0) is 30.7 Å². The monoisotopic (exact) mass is 251 g/mol. The number of nitrogens with two attached hydrogens (primary N) is 1. The molecule has 1 unspecified atom stereocenters. The molecule has 1 heterocycles. The van der Waals surface area contributed by atoms with Crippen molar-refractivity contribution in [3.05, 3.63) is 35.9 Å². The van der Waals surface area contributed by atoms with Gasteiger partial charge in [-0.2, -0.15) is 4.98 Å². The van der Waals surface area contributed by atoms with Gasteiger partial charge < -0.3 is 15.4 Å². The molecule has 0 bridgehead atoms. The van der Waals surface area contributed by atoms with E-state index in [0.29, 0.717) is 12.0 Å². The van der Waals surface area contributed by atoms with Gasteiger partial charge in [-0.1, -0.05) is 12.1 Å². The first-order chi connectivity index (χ1) is 8.61. The molecule has 18 heavy (non-hydrogen) atoms. The minimum absolute atomic E-state index is 0.142. The van der Waals surface area contributed by atoms with Crippen LogP contribution in [0.3, 0.4) is 0 Å². The normalized spacial score (nSPS) is 14.4. The Morgan fingerprint density at radius 1 is 1.39 bits per heavy atom. The summed E-state index contributed by atoms with van der Waals surface area (Å²) in [5, 5.41) is 13.5. The maximum absolute atomic E-state index is 12.8. The van der Waals surface area contributed by atoms with Crippen molar-refractivity contribution in [1.29, 1.82) is 0 Å². The molecule has 6 heteroatoms. The first-order valence-electron chi connectivity index (χ1n) is 5.65. The second-order valence-corrected chi connectivity index (χ2v) is 3.98. The summed E-state index contributed by atoms with van der Waals surface area (Å²) in [5.74, 6) is 0.0301. The van der Waals surface area contributed by atoms with Crippen molar-refractivity contribution in [2.75, 3.05) is 0 Å². The first-order valence-corrected chi connectivity index (χ1v) is 5.65. The minimum Gasteiger partial charge on any atom is -0.383 e. The fraction of sp³-hybridized carbons (Fsp3) is 0.333. The standard InChI is InChI=1S/C12H14FN3O2/c1-2-9(14)10(17)11-15-12(18-16-11)7-3-5-8(13)6-4-7/h3-6,9-10,17H,2,14H2,1H3/t9-,10?/m0/s1. The lowest BCUT2D eigenvalue weighted by atomic mass is 10.1. The van der Waals surface area contributed by atoms with E-state index in [1.165, 1.54) is 24.3 Å². The molecule has 0 aliphatic carbocycles. The second-order valence-electron chi connectivity index (χ2n) is 3.98. The topological polar surface area (TPSA) is 85.2 Å². The number of nitrogens with zero attached hydrogens (tertiary/aromatic N) is 2. The highest BCUT2D eigenvalue weighted by atomic mass is 19.1.